The molecule has 0 saturated carbocycles. The van der Waals surface area contributed by atoms with Gasteiger partial charge in [-0.1, -0.05) is 24.3 Å². The summed E-state index contributed by atoms with van der Waals surface area (Å²) in [4.78, 5) is 16.6. The number of nitrogens with zero attached hydrogens (tertiary/aromatic N) is 1. The van der Waals surface area contributed by atoms with Gasteiger partial charge in [0.2, 0.25) is 6.79 Å². The topological polar surface area (TPSA) is 72.5 Å². The molecule has 130 valence electrons. The predicted molar refractivity (Wildman–Crippen MR) is 97.7 cm³/mol. The lowest BCUT2D eigenvalue weighted by Gasteiger charge is -2.09. The third-order valence-corrected chi connectivity index (χ3v) is 3.95. The molecule has 4 rings (SSSR count). The minimum absolute atomic E-state index is 0.188. The van der Waals surface area contributed by atoms with Gasteiger partial charge in [-0.3, -0.25) is 9.78 Å². The van der Waals surface area contributed by atoms with Gasteiger partial charge in [0.05, 0.1) is 17.4 Å². The Balaban J connectivity index is 1.41. The van der Waals surface area contributed by atoms with E-state index < -0.39 is 0 Å². The van der Waals surface area contributed by atoms with E-state index in [1.165, 1.54) is 0 Å². The number of para-hydroxylation sites is 1. The van der Waals surface area contributed by atoms with Gasteiger partial charge < -0.3 is 20.1 Å². The first kappa shape index (κ1) is 16.0. The average molecular weight is 347 g/mol. The van der Waals surface area contributed by atoms with Gasteiger partial charge in [0.1, 0.15) is 0 Å². The Morgan fingerprint density at radius 2 is 1.81 bits per heavy atom. The molecule has 2 aromatic carbocycles. The predicted octanol–water partition coefficient (Wildman–Crippen LogP) is 3.48. The standard InChI is InChI=1S/C20H17N3O3/c24-20(22-10-14-6-7-18-19(8-14)26-13-25-18)15-9-17(12-21-11-15)23-16-4-2-1-3-5-16/h1-9,11-12,23H,10,13H2,(H,22,24). The summed E-state index contributed by atoms with van der Waals surface area (Å²) in [6.07, 6.45) is 3.23. The quantitative estimate of drug-likeness (QED) is 0.739. The van der Waals surface area contributed by atoms with E-state index in [1.807, 2.05) is 48.5 Å². The van der Waals surface area contributed by atoms with Crippen LogP contribution in [0.1, 0.15) is 15.9 Å². The minimum atomic E-state index is -0.188. The molecule has 1 amide bonds. The first-order valence-corrected chi connectivity index (χ1v) is 8.22. The van der Waals surface area contributed by atoms with Gasteiger partial charge in [0, 0.05) is 18.4 Å². The number of benzene rings is 2. The van der Waals surface area contributed by atoms with Crippen molar-refractivity contribution < 1.29 is 14.3 Å². The summed E-state index contributed by atoms with van der Waals surface area (Å²) < 4.78 is 10.6. The van der Waals surface area contributed by atoms with Crippen molar-refractivity contribution in [3.63, 3.8) is 0 Å². The first-order valence-electron chi connectivity index (χ1n) is 8.22. The molecule has 26 heavy (non-hydrogen) atoms. The van der Waals surface area contributed by atoms with E-state index in [9.17, 15) is 4.79 Å². The highest BCUT2D eigenvalue weighted by molar-refractivity contribution is 5.94. The van der Waals surface area contributed by atoms with Crippen LogP contribution in [0.25, 0.3) is 0 Å². The van der Waals surface area contributed by atoms with Crippen molar-refractivity contribution in [3.8, 4) is 11.5 Å². The molecule has 0 atom stereocenters. The van der Waals surface area contributed by atoms with Crippen LogP contribution >= 0.6 is 0 Å². The zero-order chi connectivity index (χ0) is 17.8. The fraction of sp³-hybridized carbons (Fsp3) is 0.100. The molecule has 0 unspecified atom stereocenters. The van der Waals surface area contributed by atoms with Crippen LogP contribution in [-0.2, 0) is 6.54 Å². The highest BCUT2D eigenvalue weighted by Crippen LogP contribution is 2.32. The molecule has 0 bridgehead atoms. The van der Waals surface area contributed by atoms with Crippen LogP contribution in [0.15, 0.2) is 67.0 Å². The summed E-state index contributed by atoms with van der Waals surface area (Å²) in [6, 6.07) is 17.1. The number of rotatable bonds is 5. The smallest absolute Gasteiger partial charge is 0.253 e. The van der Waals surface area contributed by atoms with Gasteiger partial charge in [-0.15, -0.1) is 0 Å². The van der Waals surface area contributed by atoms with E-state index in [4.69, 9.17) is 9.47 Å². The summed E-state index contributed by atoms with van der Waals surface area (Å²) in [7, 11) is 0. The average Bonchev–Trinajstić information content (AvgIpc) is 3.15. The molecule has 0 spiro atoms. The summed E-state index contributed by atoms with van der Waals surface area (Å²) in [6.45, 7) is 0.629. The van der Waals surface area contributed by atoms with Crippen LogP contribution in [0.2, 0.25) is 0 Å². The van der Waals surface area contributed by atoms with Crippen molar-refractivity contribution in [1.29, 1.82) is 0 Å². The molecule has 6 heteroatoms. The lowest BCUT2D eigenvalue weighted by Crippen LogP contribution is -2.23. The van der Waals surface area contributed by atoms with Crippen LogP contribution in [-0.4, -0.2) is 17.7 Å². The third-order valence-electron chi connectivity index (χ3n) is 3.95. The molecule has 1 aliphatic rings. The van der Waals surface area contributed by atoms with Crippen molar-refractivity contribution in [3.05, 3.63) is 78.1 Å². The molecule has 2 N–H and O–H groups in total. The van der Waals surface area contributed by atoms with E-state index in [1.54, 1.807) is 18.5 Å². The van der Waals surface area contributed by atoms with Crippen molar-refractivity contribution in [2.24, 2.45) is 0 Å². The number of ether oxygens (including phenoxy) is 2. The van der Waals surface area contributed by atoms with Gasteiger partial charge in [-0.05, 0) is 35.9 Å². The lowest BCUT2D eigenvalue weighted by atomic mass is 10.2. The van der Waals surface area contributed by atoms with Crippen molar-refractivity contribution >= 4 is 17.3 Å². The Hall–Kier alpha value is -3.54. The second-order valence-electron chi connectivity index (χ2n) is 5.82. The number of aromatic nitrogens is 1. The first-order chi connectivity index (χ1) is 12.8. The Kier molecular flexibility index (Phi) is 4.38. The number of pyridine rings is 1. The fourth-order valence-corrected chi connectivity index (χ4v) is 2.66. The molecule has 1 aliphatic heterocycles. The van der Waals surface area contributed by atoms with Gasteiger partial charge in [-0.25, -0.2) is 0 Å². The molecule has 0 radical (unpaired) electrons. The summed E-state index contributed by atoms with van der Waals surface area (Å²) in [5.41, 5.74) is 3.12. The second kappa shape index (κ2) is 7.14. The maximum absolute atomic E-state index is 12.4. The van der Waals surface area contributed by atoms with Gasteiger partial charge in [0.25, 0.3) is 5.91 Å². The van der Waals surface area contributed by atoms with E-state index in [-0.39, 0.29) is 12.7 Å². The number of nitrogens with one attached hydrogen (secondary N) is 2. The van der Waals surface area contributed by atoms with Crippen LogP contribution in [0.3, 0.4) is 0 Å². The second-order valence-corrected chi connectivity index (χ2v) is 5.82. The zero-order valence-electron chi connectivity index (χ0n) is 13.9. The molecule has 0 aliphatic carbocycles. The Morgan fingerprint density at radius 1 is 0.962 bits per heavy atom. The lowest BCUT2D eigenvalue weighted by molar-refractivity contribution is 0.0950. The highest BCUT2D eigenvalue weighted by Gasteiger charge is 2.14. The Labute approximate surface area is 150 Å². The minimum Gasteiger partial charge on any atom is -0.454 e. The van der Waals surface area contributed by atoms with Gasteiger partial charge >= 0.3 is 0 Å². The molecule has 3 aromatic rings. The van der Waals surface area contributed by atoms with Crippen LogP contribution < -0.4 is 20.1 Å². The number of hydrogen-bond donors (Lipinski definition) is 2. The van der Waals surface area contributed by atoms with Crippen molar-refractivity contribution in [2.45, 2.75) is 6.54 Å². The Bertz CT molecular complexity index is 929. The summed E-state index contributed by atoms with van der Waals surface area (Å²) in [5.74, 6) is 1.24. The molecule has 6 nitrogen and oxygen atoms in total. The van der Waals surface area contributed by atoms with Crippen LogP contribution in [0, 0.1) is 0 Å². The number of hydrogen-bond acceptors (Lipinski definition) is 5. The number of carbonyl (C=O) groups is 1. The van der Waals surface area contributed by atoms with Gasteiger partial charge in [-0.2, -0.15) is 0 Å². The highest BCUT2D eigenvalue weighted by atomic mass is 16.7. The maximum Gasteiger partial charge on any atom is 0.253 e. The van der Waals surface area contributed by atoms with E-state index >= 15 is 0 Å². The van der Waals surface area contributed by atoms with Crippen LogP contribution in [0.5, 0.6) is 11.5 Å². The fourth-order valence-electron chi connectivity index (χ4n) is 2.66. The number of amides is 1. The van der Waals surface area contributed by atoms with Crippen LogP contribution in [0.4, 0.5) is 11.4 Å². The molecule has 2 heterocycles. The molecular weight excluding hydrogens is 330 g/mol. The molecule has 0 fully saturated rings. The Morgan fingerprint density at radius 3 is 2.69 bits per heavy atom. The largest absolute Gasteiger partial charge is 0.454 e. The molecule has 0 saturated heterocycles. The van der Waals surface area contributed by atoms with E-state index in [0.717, 1.165) is 22.7 Å². The van der Waals surface area contributed by atoms with E-state index in [0.29, 0.717) is 17.9 Å². The SMILES string of the molecule is O=C(NCc1ccc2c(c1)OCO2)c1cncc(Nc2ccccc2)c1. The number of carbonyl (C=O) groups excluding carboxylic acids is 1. The summed E-state index contributed by atoms with van der Waals surface area (Å²) in [5, 5.41) is 6.12. The normalized spacial score (nSPS) is 11.8. The van der Waals surface area contributed by atoms with Crippen molar-refractivity contribution in [2.75, 3.05) is 12.1 Å². The third kappa shape index (κ3) is 3.59. The monoisotopic (exact) mass is 347 g/mol. The zero-order valence-corrected chi connectivity index (χ0v) is 13.9. The van der Waals surface area contributed by atoms with Crippen molar-refractivity contribution in [1.82, 2.24) is 10.3 Å². The van der Waals surface area contributed by atoms with E-state index in [2.05, 4.69) is 15.6 Å². The number of anilines is 2. The molecular formula is C20H17N3O3. The van der Waals surface area contributed by atoms with Gasteiger partial charge in [0.15, 0.2) is 11.5 Å². The molecule has 1 aromatic heterocycles. The summed E-state index contributed by atoms with van der Waals surface area (Å²) >= 11 is 0. The maximum atomic E-state index is 12.4. The number of fused-ring (bicyclic) bond motifs is 1.